The Morgan fingerprint density at radius 2 is 2.00 bits per heavy atom. The summed E-state index contributed by atoms with van der Waals surface area (Å²) in [6.45, 7) is 1.98. The fraction of sp³-hybridized carbons (Fsp3) is 0.211. The summed E-state index contributed by atoms with van der Waals surface area (Å²) in [6.07, 6.45) is 0.412. The summed E-state index contributed by atoms with van der Waals surface area (Å²) >= 11 is 0. The molecule has 6 nitrogen and oxygen atoms in total. The number of methoxy groups -OCH3 is 1. The molecule has 1 aromatic heterocycles. The smallest absolute Gasteiger partial charge is 0.240 e. The van der Waals surface area contributed by atoms with Gasteiger partial charge in [0.15, 0.2) is 0 Å². The highest BCUT2D eigenvalue weighted by molar-refractivity contribution is 6.07. The van der Waals surface area contributed by atoms with E-state index in [2.05, 4.69) is 20.5 Å². The van der Waals surface area contributed by atoms with Gasteiger partial charge in [0.25, 0.3) is 0 Å². The Kier molecular flexibility index (Phi) is 2.96. The molecule has 0 radical (unpaired) electrons. The van der Waals surface area contributed by atoms with Gasteiger partial charge in [-0.2, -0.15) is 5.10 Å². The van der Waals surface area contributed by atoms with Gasteiger partial charge in [-0.3, -0.25) is 4.79 Å². The molecular formula is C19H18N4O2. The van der Waals surface area contributed by atoms with Crippen LogP contribution in [0.3, 0.4) is 0 Å². The van der Waals surface area contributed by atoms with Crippen LogP contribution in [-0.4, -0.2) is 28.6 Å². The lowest BCUT2D eigenvalue weighted by molar-refractivity contribution is -0.121. The number of hydrogen-bond donors (Lipinski definition) is 2. The van der Waals surface area contributed by atoms with Gasteiger partial charge in [-0.15, -0.1) is 0 Å². The molecule has 2 N–H and O–H groups in total. The van der Waals surface area contributed by atoms with Crippen molar-refractivity contribution in [3.05, 3.63) is 48.0 Å². The fourth-order valence-corrected chi connectivity index (χ4v) is 2.99. The number of carbonyl (C=O) groups is 1. The molecule has 1 unspecified atom stereocenters. The number of aromatic nitrogens is 2. The molecule has 3 aromatic rings. The van der Waals surface area contributed by atoms with Gasteiger partial charge < -0.3 is 9.72 Å². The van der Waals surface area contributed by atoms with E-state index in [1.54, 1.807) is 24.3 Å². The number of rotatable bonds is 3. The zero-order valence-electron chi connectivity index (χ0n) is 16.5. The molecule has 1 aliphatic heterocycles. The highest BCUT2D eigenvalue weighted by atomic mass is 16.5. The first-order chi connectivity index (χ1) is 13.3. The maximum absolute atomic E-state index is 11.4. The number of nitrogens with one attached hydrogen (secondary N) is 2. The van der Waals surface area contributed by atoms with Crippen LogP contribution in [0.15, 0.2) is 47.6 Å². The molecule has 0 saturated heterocycles. The Hall–Kier alpha value is -3.15. The van der Waals surface area contributed by atoms with E-state index in [0.717, 1.165) is 27.9 Å². The minimum absolute atomic E-state index is 0.0411. The molecule has 25 heavy (non-hydrogen) atoms. The summed E-state index contributed by atoms with van der Waals surface area (Å²) in [5.41, 5.74) is 6.76. The Balaban J connectivity index is 1.63. The summed E-state index contributed by atoms with van der Waals surface area (Å²) in [5.74, 6) is 0.902. The molecule has 0 spiro atoms. The summed E-state index contributed by atoms with van der Waals surface area (Å²) in [7, 11) is -2.48. The minimum atomic E-state index is -2.48. The van der Waals surface area contributed by atoms with Gasteiger partial charge in [0.05, 0.1) is 27.9 Å². The summed E-state index contributed by atoms with van der Waals surface area (Å²) in [6, 6.07) is 12.5. The van der Waals surface area contributed by atoms with E-state index in [1.807, 2.05) is 25.1 Å². The highest BCUT2D eigenvalue weighted by Gasteiger charge is 2.22. The second-order valence-electron chi connectivity index (χ2n) is 6.08. The van der Waals surface area contributed by atoms with Crippen LogP contribution in [0.5, 0.6) is 5.75 Å². The third kappa shape index (κ3) is 2.87. The van der Waals surface area contributed by atoms with E-state index >= 15 is 0 Å². The average molecular weight is 337 g/mol. The third-order valence-electron chi connectivity index (χ3n) is 4.28. The summed E-state index contributed by atoms with van der Waals surface area (Å²) in [5, 5.41) is 4.20. The monoisotopic (exact) mass is 337 g/mol. The lowest BCUT2D eigenvalue weighted by Crippen LogP contribution is -2.31. The molecule has 0 aliphatic carbocycles. The molecule has 1 atom stereocenters. The van der Waals surface area contributed by atoms with E-state index in [4.69, 9.17) is 8.85 Å². The largest absolute Gasteiger partial charge is 0.497 e. The van der Waals surface area contributed by atoms with Crippen molar-refractivity contribution < 1.29 is 13.6 Å². The number of hydrazone groups is 1. The van der Waals surface area contributed by atoms with Crippen molar-refractivity contribution in [1.29, 1.82) is 0 Å². The van der Waals surface area contributed by atoms with Crippen LogP contribution >= 0.6 is 0 Å². The summed E-state index contributed by atoms with van der Waals surface area (Å²) in [4.78, 5) is 19.3. The number of fused-ring (bicyclic) bond motifs is 1. The second kappa shape index (κ2) is 6.05. The maximum Gasteiger partial charge on any atom is 0.240 e. The first-order valence-electron chi connectivity index (χ1n) is 9.44. The number of imidazole rings is 1. The molecule has 0 fully saturated rings. The van der Waals surface area contributed by atoms with Crippen LogP contribution in [0.4, 0.5) is 0 Å². The van der Waals surface area contributed by atoms with Crippen LogP contribution in [0, 0.1) is 5.92 Å². The molecule has 2 heterocycles. The van der Waals surface area contributed by atoms with Crippen LogP contribution < -0.4 is 10.2 Å². The van der Waals surface area contributed by atoms with Gasteiger partial charge in [-0.05, 0) is 36.4 Å². The van der Waals surface area contributed by atoms with E-state index in [1.165, 1.54) is 0 Å². The van der Waals surface area contributed by atoms with Crippen LogP contribution in [-0.2, 0) is 4.79 Å². The molecule has 2 aromatic carbocycles. The maximum atomic E-state index is 11.4. The first-order valence-corrected chi connectivity index (χ1v) is 7.94. The fourth-order valence-electron chi connectivity index (χ4n) is 2.99. The Morgan fingerprint density at radius 3 is 2.76 bits per heavy atom. The van der Waals surface area contributed by atoms with E-state index in [9.17, 15) is 4.79 Å². The zero-order chi connectivity index (χ0) is 19.9. The standard InChI is InChI=1S/C19H18N4O2/c1-11-9-17(24)22-23-18(11)13-5-8-15-16(10-13)21-19(20-15)12-3-6-14(25-2)7-4-12/h3-8,10-11H,9H2,1-2H3,(H,20,21)(H,22,24)/i2D3. The van der Waals surface area contributed by atoms with Gasteiger partial charge in [-0.25, -0.2) is 10.4 Å². The number of benzene rings is 2. The molecule has 1 aliphatic rings. The minimum Gasteiger partial charge on any atom is -0.497 e. The Labute approximate surface area is 149 Å². The molecule has 126 valence electrons. The number of H-pyrrole nitrogens is 1. The topological polar surface area (TPSA) is 79.4 Å². The lowest BCUT2D eigenvalue weighted by atomic mass is 9.94. The van der Waals surface area contributed by atoms with Gasteiger partial charge >= 0.3 is 0 Å². The van der Waals surface area contributed by atoms with E-state index < -0.39 is 7.04 Å². The number of nitrogens with zero attached hydrogens (tertiary/aromatic N) is 2. The van der Waals surface area contributed by atoms with Gasteiger partial charge in [0.1, 0.15) is 11.6 Å². The predicted molar refractivity (Wildman–Crippen MR) is 96.5 cm³/mol. The van der Waals surface area contributed by atoms with Crippen molar-refractivity contribution in [1.82, 2.24) is 15.4 Å². The predicted octanol–water partition coefficient (Wildman–Crippen LogP) is 3.10. The van der Waals surface area contributed by atoms with Crippen molar-refractivity contribution >= 4 is 22.7 Å². The third-order valence-corrected chi connectivity index (χ3v) is 4.28. The van der Waals surface area contributed by atoms with Crippen LogP contribution in [0.25, 0.3) is 22.4 Å². The molecular weight excluding hydrogens is 316 g/mol. The van der Waals surface area contributed by atoms with Crippen LogP contribution in [0.1, 0.15) is 23.0 Å². The lowest BCUT2D eigenvalue weighted by Gasteiger charge is -2.18. The molecule has 0 saturated carbocycles. The zero-order valence-corrected chi connectivity index (χ0v) is 13.5. The Bertz CT molecular complexity index is 1070. The van der Waals surface area contributed by atoms with Crippen molar-refractivity contribution in [3.8, 4) is 17.1 Å². The quantitative estimate of drug-likeness (QED) is 0.771. The summed E-state index contributed by atoms with van der Waals surface area (Å²) < 4.78 is 26.3. The van der Waals surface area contributed by atoms with Gasteiger partial charge in [0, 0.05) is 23.5 Å². The van der Waals surface area contributed by atoms with E-state index in [-0.39, 0.29) is 17.6 Å². The normalized spacial score (nSPS) is 19.6. The second-order valence-corrected chi connectivity index (χ2v) is 6.08. The van der Waals surface area contributed by atoms with Gasteiger partial charge in [0.2, 0.25) is 5.91 Å². The van der Waals surface area contributed by atoms with Gasteiger partial charge in [-0.1, -0.05) is 13.0 Å². The molecule has 1 amide bonds. The van der Waals surface area contributed by atoms with Crippen molar-refractivity contribution in [3.63, 3.8) is 0 Å². The van der Waals surface area contributed by atoms with Crippen LogP contribution in [0.2, 0.25) is 0 Å². The SMILES string of the molecule is [2H]C([2H])([2H])Oc1ccc(-c2nc3ccc(C4=NNC(=O)CC4C)cc3[nH]2)cc1. The molecule has 0 bridgehead atoms. The van der Waals surface area contributed by atoms with E-state index in [0.29, 0.717) is 12.2 Å². The number of amides is 1. The van der Waals surface area contributed by atoms with Crippen molar-refractivity contribution in [2.45, 2.75) is 13.3 Å². The number of ether oxygens (including phenoxy) is 1. The highest BCUT2D eigenvalue weighted by Crippen LogP contribution is 2.25. The molecule has 4 rings (SSSR count). The first kappa shape index (κ1) is 12.2. The average Bonchev–Trinajstić information content (AvgIpc) is 3.04. The Morgan fingerprint density at radius 1 is 1.20 bits per heavy atom. The number of carbonyl (C=O) groups excluding carboxylic acids is 1. The van der Waals surface area contributed by atoms with Crippen molar-refractivity contribution in [2.24, 2.45) is 11.0 Å². The number of hydrogen-bond acceptors (Lipinski definition) is 4. The molecule has 6 heteroatoms. The van der Waals surface area contributed by atoms with Crippen molar-refractivity contribution in [2.75, 3.05) is 7.04 Å². The number of aromatic amines is 1.